The highest BCUT2D eigenvalue weighted by Crippen LogP contribution is 2.37. The minimum atomic E-state index is -0.862. The molecule has 1 unspecified atom stereocenters. The van der Waals surface area contributed by atoms with Gasteiger partial charge in [0.1, 0.15) is 0 Å². The molecule has 0 saturated heterocycles. The normalized spacial score (nSPS) is 13.4. The second-order valence-corrected chi connectivity index (χ2v) is 7.99. The van der Waals surface area contributed by atoms with Gasteiger partial charge < -0.3 is 5.11 Å². The summed E-state index contributed by atoms with van der Waals surface area (Å²) in [7, 11) is 0. The molecule has 2 aromatic heterocycles. The standard InChI is InChI=1S/C12H15BrN4O2S/c1-12(2,3)8(6-10(18)19)17-11(14-15-16-17)7-4-5-9(13)20-7/h4-5,8H,6H2,1-3H3,(H,18,19). The highest BCUT2D eigenvalue weighted by molar-refractivity contribution is 9.11. The summed E-state index contributed by atoms with van der Waals surface area (Å²) < 4.78 is 2.60. The maximum Gasteiger partial charge on any atom is 0.305 e. The van der Waals surface area contributed by atoms with Gasteiger partial charge in [-0.2, -0.15) is 0 Å². The number of hydrogen-bond acceptors (Lipinski definition) is 5. The van der Waals surface area contributed by atoms with E-state index in [1.54, 1.807) is 4.68 Å². The van der Waals surface area contributed by atoms with E-state index in [1.807, 2.05) is 32.9 Å². The Bertz CT molecular complexity index is 617. The molecule has 0 saturated carbocycles. The molecule has 1 atom stereocenters. The van der Waals surface area contributed by atoms with Gasteiger partial charge in [-0.1, -0.05) is 20.8 Å². The number of aliphatic carboxylic acids is 1. The molecule has 8 heteroatoms. The maximum absolute atomic E-state index is 11.1. The van der Waals surface area contributed by atoms with Crippen molar-refractivity contribution in [3.05, 3.63) is 15.9 Å². The quantitative estimate of drug-likeness (QED) is 0.907. The SMILES string of the molecule is CC(C)(C)C(CC(=O)O)n1nnnc1-c1ccc(Br)s1. The van der Waals surface area contributed by atoms with Crippen LogP contribution in [0.2, 0.25) is 0 Å². The second kappa shape index (κ2) is 5.61. The average molecular weight is 359 g/mol. The van der Waals surface area contributed by atoms with E-state index < -0.39 is 5.97 Å². The van der Waals surface area contributed by atoms with E-state index in [0.717, 1.165) is 8.66 Å². The van der Waals surface area contributed by atoms with Crippen molar-refractivity contribution in [3.63, 3.8) is 0 Å². The van der Waals surface area contributed by atoms with Gasteiger partial charge in [-0.05, 0) is 43.9 Å². The van der Waals surface area contributed by atoms with E-state index >= 15 is 0 Å². The molecule has 0 radical (unpaired) electrons. The van der Waals surface area contributed by atoms with Gasteiger partial charge >= 0.3 is 5.97 Å². The topological polar surface area (TPSA) is 80.9 Å². The first-order valence-electron chi connectivity index (χ1n) is 6.04. The number of aromatic nitrogens is 4. The van der Waals surface area contributed by atoms with Crippen LogP contribution >= 0.6 is 27.3 Å². The Labute approximate surface area is 128 Å². The Morgan fingerprint density at radius 2 is 2.20 bits per heavy atom. The van der Waals surface area contributed by atoms with Crippen molar-refractivity contribution in [1.82, 2.24) is 20.2 Å². The molecule has 0 spiro atoms. The maximum atomic E-state index is 11.1. The zero-order valence-electron chi connectivity index (χ0n) is 11.4. The molecule has 0 fully saturated rings. The largest absolute Gasteiger partial charge is 0.481 e. The van der Waals surface area contributed by atoms with E-state index in [-0.39, 0.29) is 17.9 Å². The monoisotopic (exact) mass is 358 g/mol. The molecule has 0 aromatic carbocycles. The first-order chi connectivity index (χ1) is 9.29. The zero-order chi connectivity index (χ0) is 14.9. The molecule has 2 rings (SSSR count). The lowest BCUT2D eigenvalue weighted by Gasteiger charge is -2.29. The highest BCUT2D eigenvalue weighted by Gasteiger charge is 2.32. The number of tetrazole rings is 1. The van der Waals surface area contributed by atoms with Crippen molar-refractivity contribution < 1.29 is 9.90 Å². The van der Waals surface area contributed by atoms with Crippen LogP contribution in [0.25, 0.3) is 10.7 Å². The van der Waals surface area contributed by atoms with Gasteiger partial charge in [0, 0.05) is 0 Å². The van der Waals surface area contributed by atoms with E-state index in [9.17, 15) is 4.79 Å². The Morgan fingerprint density at radius 1 is 1.50 bits per heavy atom. The van der Waals surface area contributed by atoms with Crippen LogP contribution in [0.4, 0.5) is 0 Å². The summed E-state index contributed by atoms with van der Waals surface area (Å²) in [5, 5.41) is 20.9. The number of carboxylic acids is 1. The molecule has 0 bridgehead atoms. The second-order valence-electron chi connectivity index (χ2n) is 5.53. The first-order valence-corrected chi connectivity index (χ1v) is 7.65. The van der Waals surface area contributed by atoms with Gasteiger partial charge in [-0.25, -0.2) is 4.68 Å². The number of halogens is 1. The molecule has 20 heavy (non-hydrogen) atoms. The number of carbonyl (C=O) groups is 1. The summed E-state index contributed by atoms with van der Waals surface area (Å²) in [6, 6.07) is 3.52. The Balaban J connectivity index is 2.45. The van der Waals surface area contributed by atoms with E-state index in [1.165, 1.54) is 11.3 Å². The third-order valence-corrected chi connectivity index (χ3v) is 4.57. The van der Waals surface area contributed by atoms with Crippen LogP contribution in [0.1, 0.15) is 33.2 Å². The van der Waals surface area contributed by atoms with Crippen molar-refractivity contribution in [2.24, 2.45) is 5.41 Å². The third kappa shape index (κ3) is 3.24. The van der Waals surface area contributed by atoms with Gasteiger partial charge in [0.2, 0.25) is 0 Å². The molecular formula is C12H15BrN4O2S. The number of hydrogen-bond donors (Lipinski definition) is 1. The molecule has 108 valence electrons. The lowest BCUT2D eigenvalue weighted by Crippen LogP contribution is -2.28. The molecule has 0 aliphatic rings. The van der Waals surface area contributed by atoms with Gasteiger partial charge in [0.05, 0.1) is 21.1 Å². The molecule has 1 N–H and O–H groups in total. The van der Waals surface area contributed by atoms with Crippen LogP contribution in [-0.4, -0.2) is 31.3 Å². The summed E-state index contributed by atoms with van der Waals surface area (Å²) in [6.07, 6.45) is -0.0198. The van der Waals surface area contributed by atoms with Gasteiger partial charge in [0.25, 0.3) is 0 Å². The molecule has 0 aliphatic carbocycles. The number of thiophene rings is 1. The molecule has 6 nitrogen and oxygen atoms in total. The fraction of sp³-hybridized carbons (Fsp3) is 0.500. The predicted molar refractivity (Wildman–Crippen MR) is 79.6 cm³/mol. The number of nitrogens with zero attached hydrogens (tertiary/aromatic N) is 4. The van der Waals surface area contributed by atoms with Crippen LogP contribution in [0, 0.1) is 5.41 Å². The fourth-order valence-electron chi connectivity index (χ4n) is 1.93. The Morgan fingerprint density at radius 3 is 2.70 bits per heavy atom. The van der Waals surface area contributed by atoms with Gasteiger partial charge in [-0.15, -0.1) is 16.4 Å². The van der Waals surface area contributed by atoms with Crippen LogP contribution < -0.4 is 0 Å². The smallest absolute Gasteiger partial charge is 0.305 e. The fourth-order valence-corrected chi connectivity index (χ4v) is 3.29. The third-order valence-electron chi connectivity index (χ3n) is 2.95. The summed E-state index contributed by atoms with van der Waals surface area (Å²) in [6.45, 7) is 5.95. The molecule has 2 aromatic rings. The Hall–Kier alpha value is -1.28. The lowest BCUT2D eigenvalue weighted by atomic mass is 9.85. The van der Waals surface area contributed by atoms with E-state index in [2.05, 4.69) is 31.5 Å². The van der Waals surface area contributed by atoms with Crippen molar-refractivity contribution >= 4 is 33.2 Å². The summed E-state index contributed by atoms with van der Waals surface area (Å²) in [4.78, 5) is 12.0. The van der Waals surface area contributed by atoms with E-state index in [4.69, 9.17) is 5.11 Å². The van der Waals surface area contributed by atoms with Crippen LogP contribution in [-0.2, 0) is 4.79 Å². The molecule has 0 aliphatic heterocycles. The van der Waals surface area contributed by atoms with Crippen LogP contribution in [0.5, 0.6) is 0 Å². The van der Waals surface area contributed by atoms with Crippen molar-refractivity contribution in [3.8, 4) is 10.7 Å². The zero-order valence-corrected chi connectivity index (χ0v) is 13.8. The summed E-state index contributed by atoms with van der Waals surface area (Å²) in [5.74, 6) is -0.263. The molecular weight excluding hydrogens is 344 g/mol. The molecule has 2 heterocycles. The van der Waals surface area contributed by atoms with E-state index in [0.29, 0.717) is 5.82 Å². The van der Waals surface area contributed by atoms with Crippen LogP contribution in [0.3, 0.4) is 0 Å². The van der Waals surface area contributed by atoms with Gasteiger partial charge in [0.15, 0.2) is 5.82 Å². The summed E-state index contributed by atoms with van der Waals surface area (Å²) in [5.41, 5.74) is -0.267. The number of carboxylic acid groups (broad SMARTS) is 1. The first kappa shape index (κ1) is 15.1. The van der Waals surface area contributed by atoms with Crippen molar-refractivity contribution in [2.75, 3.05) is 0 Å². The van der Waals surface area contributed by atoms with Crippen LogP contribution in [0.15, 0.2) is 15.9 Å². The average Bonchev–Trinajstić information content (AvgIpc) is 2.92. The lowest BCUT2D eigenvalue weighted by molar-refractivity contribution is -0.138. The van der Waals surface area contributed by atoms with Gasteiger partial charge in [-0.3, -0.25) is 4.79 Å². The van der Waals surface area contributed by atoms with Crippen molar-refractivity contribution in [2.45, 2.75) is 33.2 Å². The molecule has 0 amide bonds. The highest BCUT2D eigenvalue weighted by atomic mass is 79.9. The summed E-state index contributed by atoms with van der Waals surface area (Å²) >= 11 is 4.92. The minimum Gasteiger partial charge on any atom is -0.481 e. The number of rotatable bonds is 4. The van der Waals surface area contributed by atoms with Crippen molar-refractivity contribution in [1.29, 1.82) is 0 Å². The predicted octanol–water partition coefficient (Wildman–Crippen LogP) is 3.23. The minimum absolute atomic E-state index is 0.0198. The Kier molecular flexibility index (Phi) is 4.24.